The van der Waals surface area contributed by atoms with Crippen LogP contribution in [0.3, 0.4) is 0 Å². The summed E-state index contributed by atoms with van der Waals surface area (Å²) in [6.45, 7) is 3.90. The molecule has 3 aromatic carbocycles. The average molecular weight is 511 g/mol. The summed E-state index contributed by atoms with van der Waals surface area (Å²) < 4.78 is 18.8. The van der Waals surface area contributed by atoms with E-state index in [4.69, 9.17) is 9.72 Å². The van der Waals surface area contributed by atoms with Gasteiger partial charge in [0.15, 0.2) is 0 Å². The lowest BCUT2D eigenvalue weighted by Gasteiger charge is -2.12. The van der Waals surface area contributed by atoms with E-state index in [0.29, 0.717) is 38.3 Å². The third-order valence-corrected chi connectivity index (χ3v) is 6.93. The molecule has 5 nitrogen and oxygen atoms in total. The molecule has 1 amide bonds. The van der Waals surface area contributed by atoms with E-state index in [-0.39, 0.29) is 23.9 Å². The normalized spacial score (nSPS) is 10.9. The van der Waals surface area contributed by atoms with E-state index in [1.165, 1.54) is 23.5 Å². The van der Waals surface area contributed by atoms with Crippen molar-refractivity contribution >= 4 is 39.1 Å². The zero-order valence-corrected chi connectivity index (χ0v) is 21.1. The molecule has 0 bridgehead atoms. The Morgan fingerprint density at radius 3 is 2.46 bits per heavy atom. The molecule has 1 N–H and O–H groups in total. The molecular weight excluding hydrogens is 487 g/mol. The number of ether oxygens (including phenoxy) is 1. The number of nitrogens with zero attached hydrogens (tertiary/aromatic N) is 1. The van der Waals surface area contributed by atoms with Crippen LogP contribution in [0.1, 0.15) is 33.2 Å². The first-order valence-corrected chi connectivity index (χ1v) is 12.7. The molecule has 0 saturated carbocycles. The highest BCUT2D eigenvalue weighted by molar-refractivity contribution is 7.15. The highest BCUT2D eigenvalue weighted by atomic mass is 32.1. The summed E-state index contributed by atoms with van der Waals surface area (Å²) in [7, 11) is 0. The van der Waals surface area contributed by atoms with Gasteiger partial charge >= 0.3 is 5.97 Å². The first-order chi connectivity index (χ1) is 18.0. The monoisotopic (exact) mass is 510 g/mol. The molecule has 0 saturated heterocycles. The van der Waals surface area contributed by atoms with Gasteiger partial charge in [-0.3, -0.25) is 4.79 Å². The number of fused-ring (bicyclic) bond motifs is 1. The van der Waals surface area contributed by atoms with Gasteiger partial charge in [0.05, 0.1) is 23.4 Å². The number of hydrogen-bond acceptors (Lipinski definition) is 5. The molecule has 7 heteroatoms. The van der Waals surface area contributed by atoms with Gasteiger partial charge in [-0.15, -0.1) is 11.3 Å². The highest BCUT2D eigenvalue weighted by Gasteiger charge is 2.24. The van der Waals surface area contributed by atoms with Crippen molar-refractivity contribution < 1.29 is 18.7 Å². The van der Waals surface area contributed by atoms with Crippen molar-refractivity contribution in [2.75, 3.05) is 11.9 Å². The largest absolute Gasteiger partial charge is 0.462 e. The second kappa shape index (κ2) is 10.3. The van der Waals surface area contributed by atoms with Gasteiger partial charge in [0.1, 0.15) is 16.4 Å². The number of hydrogen-bond donors (Lipinski definition) is 1. The first kappa shape index (κ1) is 24.3. The van der Waals surface area contributed by atoms with E-state index in [0.717, 1.165) is 11.1 Å². The Bertz CT molecular complexity index is 1630. The number of carbonyl (C=O) groups is 2. The van der Waals surface area contributed by atoms with Crippen LogP contribution >= 0.6 is 11.3 Å². The van der Waals surface area contributed by atoms with Crippen molar-refractivity contribution in [2.24, 2.45) is 0 Å². The third kappa shape index (κ3) is 4.86. The van der Waals surface area contributed by atoms with Crippen LogP contribution in [0.2, 0.25) is 0 Å². The molecule has 0 aliphatic heterocycles. The topological polar surface area (TPSA) is 68.3 Å². The lowest BCUT2D eigenvalue weighted by atomic mass is 10.0. The molecule has 5 rings (SSSR count). The predicted molar refractivity (Wildman–Crippen MR) is 146 cm³/mol. The smallest absolute Gasteiger partial charge is 0.341 e. The van der Waals surface area contributed by atoms with Gasteiger partial charge in [0.25, 0.3) is 5.91 Å². The summed E-state index contributed by atoms with van der Waals surface area (Å²) in [4.78, 5) is 31.4. The van der Waals surface area contributed by atoms with Gasteiger partial charge in [0.2, 0.25) is 0 Å². The molecular formula is C30H23FN2O3S. The maximum absolute atomic E-state index is 13.7. The lowest BCUT2D eigenvalue weighted by Crippen LogP contribution is -2.15. The van der Waals surface area contributed by atoms with Crippen molar-refractivity contribution in [1.82, 2.24) is 4.98 Å². The van der Waals surface area contributed by atoms with Crippen LogP contribution in [0.15, 0.2) is 84.2 Å². The molecule has 0 radical (unpaired) electrons. The van der Waals surface area contributed by atoms with Crippen molar-refractivity contribution in [3.8, 4) is 22.4 Å². The van der Waals surface area contributed by atoms with Crippen LogP contribution in [0.4, 0.5) is 9.39 Å². The zero-order chi connectivity index (χ0) is 25.9. The standard InChI is InChI=1S/C30H23FN2O3S/c1-3-36-30(35)27-24(19-12-14-20(31)15-13-19)17-37-29(27)33-28(34)23-16-26(21-9-5-4-8-18(21)2)32-25-11-7-6-10-22(23)25/h4-17H,3H2,1-2H3,(H,33,34). The molecule has 0 spiro atoms. The number of benzene rings is 3. The quantitative estimate of drug-likeness (QED) is 0.240. The van der Waals surface area contributed by atoms with Gasteiger partial charge < -0.3 is 10.1 Å². The average Bonchev–Trinajstić information content (AvgIpc) is 3.32. The summed E-state index contributed by atoms with van der Waals surface area (Å²) in [6, 6.07) is 23.0. The Morgan fingerprint density at radius 1 is 0.973 bits per heavy atom. The first-order valence-electron chi connectivity index (χ1n) is 11.8. The number of rotatable bonds is 6. The third-order valence-electron chi connectivity index (χ3n) is 6.03. The molecule has 2 aromatic heterocycles. The Labute approximate surface area is 217 Å². The molecule has 0 aliphatic rings. The van der Waals surface area contributed by atoms with Crippen molar-refractivity contribution in [2.45, 2.75) is 13.8 Å². The van der Waals surface area contributed by atoms with Gasteiger partial charge in [-0.1, -0.05) is 54.6 Å². The molecule has 5 aromatic rings. The Morgan fingerprint density at radius 2 is 1.70 bits per heavy atom. The number of aryl methyl sites for hydroxylation is 1. The molecule has 184 valence electrons. The summed E-state index contributed by atoms with van der Waals surface area (Å²) in [6.07, 6.45) is 0. The van der Waals surface area contributed by atoms with E-state index >= 15 is 0 Å². The number of esters is 1. The van der Waals surface area contributed by atoms with Gasteiger partial charge in [-0.25, -0.2) is 14.2 Å². The van der Waals surface area contributed by atoms with E-state index in [1.54, 1.807) is 30.5 Å². The van der Waals surface area contributed by atoms with E-state index in [2.05, 4.69) is 5.32 Å². The number of nitrogens with one attached hydrogen (secondary N) is 1. The minimum atomic E-state index is -0.557. The molecule has 0 aliphatic carbocycles. The summed E-state index contributed by atoms with van der Waals surface area (Å²) in [5, 5.41) is 5.75. The number of para-hydroxylation sites is 1. The Balaban J connectivity index is 1.59. The van der Waals surface area contributed by atoms with Crippen molar-refractivity contribution in [3.05, 3.63) is 107 Å². The Hall–Kier alpha value is -4.36. The molecule has 0 unspecified atom stereocenters. The Kier molecular flexibility index (Phi) is 6.79. The van der Waals surface area contributed by atoms with Crippen molar-refractivity contribution in [3.63, 3.8) is 0 Å². The van der Waals surface area contributed by atoms with E-state index < -0.39 is 5.97 Å². The number of pyridine rings is 1. The number of carbonyl (C=O) groups excluding carboxylic acids is 2. The SMILES string of the molecule is CCOC(=O)c1c(-c2ccc(F)cc2)csc1NC(=O)c1cc(-c2ccccc2C)nc2ccccc12. The van der Waals surface area contributed by atoms with E-state index in [9.17, 15) is 14.0 Å². The van der Waals surface area contributed by atoms with Gasteiger partial charge in [0, 0.05) is 21.9 Å². The minimum Gasteiger partial charge on any atom is -0.462 e. The predicted octanol–water partition coefficient (Wildman–Crippen LogP) is 7.51. The summed E-state index contributed by atoms with van der Waals surface area (Å²) in [5.41, 5.74) is 5.26. The number of halogens is 1. The van der Waals surface area contributed by atoms with Gasteiger partial charge in [-0.2, -0.15) is 0 Å². The number of aromatic nitrogens is 1. The maximum Gasteiger partial charge on any atom is 0.341 e. The molecule has 37 heavy (non-hydrogen) atoms. The van der Waals surface area contributed by atoms with E-state index in [1.807, 2.05) is 55.5 Å². The number of anilines is 1. The molecule has 0 fully saturated rings. The second-order valence-electron chi connectivity index (χ2n) is 8.42. The van der Waals surface area contributed by atoms with Crippen LogP contribution in [-0.4, -0.2) is 23.5 Å². The fraction of sp³-hybridized carbons (Fsp3) is 0.100. The van der Waals surface area contributed by atoms with Gasteiger partial charge in [-0.05, 0) is 49.2 Å². The van der Waals surface area contributed by atoms with Crippen LogP contribution in [0.5, 0.6) is 0 Å². The fourth-order valence-corrected chi connectivity index (χ4v) is 5.18. The minimum absolute atomic E-state index is 0.180. The van der Waals surface area contributed by atoms with Crippen LogP contribution in [-0.2, 0) is 4.74 Å². The fourth-order valence-electron chi connectivity index (χ4n) is 4.23. The van der Waals surface area contributed by atoms with Crippen LogP contribution in [0.25, 0.3) is 33.3 Å². The van der Waals surface area contributed by atoms with Crippen LogP contribution < -0.4 is 5.32 Å². The summed E-state index contributed by atoms with van der Waals surface area (Å²) in [5.74, 6) is -1.30. The number of thiophene rings is 1. The second-order valence-corrected chi connectivity index (χ2v) is 9.30. The maximum atomic E-state index is 13.7. The highest BCUT2D eigenvalue weighted by Crippen LogP contribution is 2.37. The number of amides is 1. The molecule has 2 heterocycles. The zero-order valence-electron chi connectivity index (χ0n) is 20.2. The lowest BCUT2D eigenvalue weighted by molar-refractivity contribution is 0.0529. The van der Waals surface area contributed by atoms with Crippen molar-refractivity contribution in [1.29, 1.82) is 0 Å². The molecule has 0 atom stereocenters. The van der Waals surface area contributed by atoms with Crippen LogP contribution in [0, 0.1) is 12.7 Å². The summed E-state index contributed by atoms with van der Waals surface area (Å²) >= 11 is 1.22.